The fourth-order valence-electron chi connectivity index (χ4n) is 4.60. The number of methoxy groups -OCH3 is 1. The highest BCUT2D eigenvalue weighted by Gasteiger charge is 2.40. The van der Waals surface area contributed by atoms with Gasteiger partial charge in [0, 0.05) is 44.6 Å². The van der Waals surface area contributed by atoms with Crippen molar-refractivity contribution in [3.63, 3.8) is 0 Å². The highest BCUT2D eigenvalue weighted by Crippen LogP contribution is 2.36. The fraction of sp³-hybridized carbons (Fsp3) is 0.667. The van der Waals surface area contributed by atoms with Gasteiger partial charge in [0.15, 0.2) is 0 Å². The van der Waals surface area contributed by atoms with Crippen LogP contribution < -0.4 is 4.90 Å². The number of morpholine rings is 1. The molecule has 1 atom stereocenters. The van der Waals surface area contributed by atoms with Crippen LogP contribution in [0.3, 0.4) is 0 Å². The second kappa shape index (κ2) is 12.7. The molecule has 1 saturated carbocycles. The number of thiophene rings is 1. The maximum Gasteiger partial charge on any atom is 0.348 e. The molecule has 198 valence electrons. The van der Waals surface area contributed by atoms with Gasteiger partial charge in [0.05, 0.1) is 23.8 Å². The van der Waals surface area contributed by atoms with E-state index in [-0.39, 0.29) is 46.7 Å². The maximum absolute atomic E-state index is 14.1. The van der Waals surface area contributed by atoms with Gasteiger partial charge in [0.2, 0.25) is 11.8 Å². The van der Waals surface area contributed by atoms with Crippen LogP contribution in [0.25, 0.3) is 0 Å². The Morgan fingerprint density at radius 2 is 1.89 bits per heavy atom. The predicted octanol–water partition coefficient (Wildman–Crippen LogP) is 4.02. The van der Waals surface area contributed by atoms with Crippen molar-refractivity contribution in [2.24, 2.45) is 11.3 Å². The van der Waals surface area contributed by atoms with Gasteiger partial charge in [0.25, 0.3) is 0 Å². The Bertz CT molecular complexity index is 990. The first-order valence-corrected chi connectivity index (χ1v) is 13.5. The molecule has 0 aromatic carbocycles. The van der Waals surface area contributed by atoms with Gasteiger partial charge in [-0.3, -0.25) is 14.5 Å². The lowest BCUT2D eigenvalue weighted by molar-refractivity contribution is -0.139. The van der Waals surface area contributed by atoms with E-state index in [2.05, 4.69) is 11.8 Å². The Kier molecular flexibility index (Phi) is 9.94. The molecule has 0 radical (unpaired) electrons. The first-order chi connectivity index (χ1) is 17.1. The molecule has 1 aliphatic heterocycles. The van der Waals surface area contributed by atoms with Crippen LogP contribution in [-0.4, -0.2) is 73.9 Å². The van der Waals surface area contributed by atoms with E-state index in [0.29, 0.717) is 31.2 Å². The van der Waals surface area contributed by atoms with Crippen LogP contribution >= 0.6 is 11.3 Å². The van der Waals surface area contributed by atoms with Crippen LogP contribution in [0.2, 0.25) is 0 Å². The smallest absolute Gasteiger partial charge is 0.348 e. The van der Waals surface area contributed by atoms with Crippen molar-refractivity contribution in [2.45, 2.75) is 65.3 Å². The van der Waals surface area contributed by atoms with E-state index < -0.39 is 12.0 Å². The average Bonchev–Trinajstić information content (AvgIpc) is 3.29. The highest BCUT2D eigenvalue weighted by atomic mass is 32.1. The molecular weight excluding hydrogens is 480 g/mol. The van der Waals surface area contributed by atoms with Gasteiger partial charge < -0.3 is 19.5 Å². The summed E-state index contributed by atoms with van der Waals surface area (Å²) in [6.07, 6.45) is 4.71. The minimum Gasteiger partial charge on any atom is -0.477 e. The molecule has 1 saturated heterocycles. The van der Waals surface area contributed by atoms with E-state index in [1.807, 2.05) is 20.8 Å². The number of carbonyl (C=O) groups is 3. The molecule has 9 heteroatoms. The molecule has 1 N–H and O–H groups in total. The zero-order valence-corrected chi connectivity index (χ0v) is 22.6. The van der Waals surface area contributed by atoms with Gasteiger partial charge in [-0.05, 0) is 39.7 Å². The number of rotatable bonds is 8. The van der Waals surface area contributed by atoms with E-state index >= 15 is 0 Å². The Morgan fingerprint density at radius 3 is 2.47 bits per heavy atom. The standard InChI is InChI=1S/C27H38N2O6S/c1-27(2,3)12-10-20-18-22(23(36-20)26(32)33)29(24(30)19-8-6-5-7-9-19)21(11-15-34-4)25(31)28-13-16-35-17-14-28/h18-19,21H,5-9,11,13-17H2,1-4H3,(H,32,33)/t21-/m0/s1. The third kappa shape index (κ3) is 7.31. The van der Waals surface area contributed by atoms with E-state index in [9.17, 15) is 19.5 Å². The van der Waals surface area contributed by atoms with Gasteiger partial charge in [-0.1, -0.05) is 31.1 Å². The van der Waals surface area contributed by atoms with Crippen molar-refractivity contribution >= 4 is 34.8 Å². The molecule has 2 aliphatic rings. The van der Waals surface area contributed by atoms with Crippen molar-refractivity contribution < 1.29 is 29.0 Å². The summed E-state index contributed by atoms with van der Waals surface area (Å²) in [6.45, 7) is 7.94. The van der Waals surface area contributed by atoms with Crippen LogP contribution in [0.15, 0.2) is 6.07 Å². The number of carboxylic acid groups (broad SMARTS) is 1. The van der Waals surface area contributed by atoms with Crippen molar-refractivity contribution in [3.8, 4) is 11.8 Å². The number of anilines is 1. The van der Waals surface area contributed by atoms with Crippen LogP contribution in [0.4, 0.5) is 5.69 Å². The monoisotopic (exact) mass is 518 g/mol. The molecule has 0 spiro atoms. The largest absolute Gasteiger partial charge is 0.477 e. The molecule has 2 fully saturated rings. The van der Waals surface area contributed by atoms with Crippen molar-refractivity contribution in [3.05, 3.63) is 15.8 Å². The third-order valence-corrected chi connectivity index (χ3v) is 7.46. The van der Waals surface area contributed by atoms with E-state index in [1.54, 1.807) is 18.1 Å². The Hall–Kier alpha value is -2.41. The summed E-state index contributed by atoms with van der Waals surface area (Å²) in [5.41, 5.74) is -0.0117. The SMILES string of the molecule is COCC[C@@H](C(=O)N1CCOCC1)N(C(=O)C1CCCCC1)c1cc(C#CC(C)(C)C)sc1C(=O)O. The number of carbonyl (C=O) groups excluding carboxylic acids is 2. The summed E-state index contributed by atoms with van der Waals surface area (Å²) >= 11 is 1.05. The fourth-order valence-corrected chi connectivity index (χ4v) is 5.44. The molecule has 3 rings (SSSR count). The van der Waals surface area contributed by atoms with E-state index in [4.69, 9.17) is 9.47 Å². The number of aromatic carboxylic acids is 1. The number of hydrogen-bond acceptors (Lipinski definition) is 6. The summed E-state index contributed by atoms with van der Waals surface area (Å²) in [7, 11) is 1.55. The van der Waals surface area contributed by atoms with Crippen LogP contribution in [-0.2, 0) is 19.1 Å². The number of ether oxygens (including phenoxy) is 2. The predicted molar refractivity (Wildman–Crippen MR) is 139 cm³/mol. The summed E-state index contributed by atoms with van der Waals surface area (Å²) in [6, 6.07) is 0.800. The zero-order chi connectivity index (χ0) is 26.3. The molecule has 0 unspecified atom stereocenters. The first kappa shape index (κ1) is 28.2. The molecule has 2 heterocycles. The summed E-state index contributed by atoms with van der Waals surface area (Å²) < 4.78 is 10.7. The van der Waals surface area contributed by atoms with Crippen molar-refractivity contribution in [2.75, 3.05) is 44.9 Å². The van der Waals surface area contributed by atoms with Crippen molar-refractivity contribution in [1.82, 2.24) is 4.90 Å². The Labute approximate surface area is 217 Å². The molecule has 0 bridgehead atoms. The van der Waals surface area contributed by atoms with Gasteiger partial charge >= 0.3 is 5.97 Å². The minimum atomic E-state index is -1.13. The molecule has 36 heavy (non-hydrogen) atoms. The molecule has 8 nitrogen and oxygen atoms in total. The van der Waals surface area contributed by atoms with Gasteiger partial charge in [0.1, 0.15) is 10.9 Å². The Morgan fingerprint density at radius 1 is 1.22 bits per heavy atom. The van der Waals surface area contributed by atoms with E-state index in [0.717, 1.165) is 43.4 Å². The summed E-state index contributed by atoms with van der Waals surface area (Å²) in [4.78, 5) is 43.9. The highest BCUT2D eigenvalue weighted by molar-refractivity contribution is 7.15. The minimum absolute atomic E-state index is 0.0227. The molecular formula is C27H38N2O6S. The lowest BCUT2D eigenvalue weighted by Gasteiger charge is -2.38. The van der Waals surface area contributed by atoms with Crippen LogP contribution in [0.1, 0.15) is 73.8 Å². The lowest BCUT2D eigenvalue weighted by Crippen LogP contribution is -2.55. The number of nitrogens with zero attached hydrogens (tertiary/aromatic N) is 2. The molecule has 1 aromatic rings. The lowest BCUT2D eigenvalue weighted by atomic mass is 9.87. The first-order valence-electron chi connectivity index (χ1n) is 12.7. The second-order valence-electron chi connectivity index (χ2n) is 10.4. The topological polar surface area (TPSA) is 96.4 Å². The zero-order valence-electron chi connectivity index (χ0n) is 21.8. The molecule has 1 aliphatic carbocycles. The molecule has 1 aromatic heterocycles. The molecule has 2 amide bonds. The summed E-state index contributed by atoms with van der Waals surface area (Å²) in [5.74, 6) is 4.45. The van der Waals surface area contributed by atoms with Crippen LogP contribution in [0.5, 0.6) is 0 Å². The third-order valence-electron chi connectivity index (χ3n) is 6.43. The normalized spacial score (nSPS) is 17.7. The average molecular weight is 519 g/mol. The summed E-state index contributed by atoms with van der Waals surface area (Å²) in [5, 5.41) is 10.1. The van der Waals surface area contributed by atoms with Crippen molar-refractivity contribution in [1.29, 1.82) is 0 Å². The number of amides is 2. The van der Waals surface area contributed by atoms with E-state index in [1.165, 1.54) is 4.90 Å². The van der Waals surface area contributed by atoms with Gasteiger partial charge in [-0.25, -0.2) is 4.79 Å². The number of carboxylic acids is 1. The Balaban J connectivity index is 2.11. The number of hydrogen-bond donors (Lipinski definition) is 1. The quantitative estimate of drug-likeness (QED) is 0.522. The van der Waals surface area contributed by atoms with Gasteiger partial charge in [-0.15, -0.1) is 11.3 Å². The van der Waals surface area contributed by atoms with Gasteiger partial charge in [-0.2, -0.15) is 0 Å². The van der Waals surface area contributed by atoms with Crippen LogP contribution in [0, 0.1) is 23.2 Å². The maximum atomic E-state index is 14.1. The second-order valence-corrected chi connectivity index (χ2v) is 11.5.